The summed E-state index contributed by atoms with van der Waals surface area (Å²) >= 11 is 0. The Morgan fingerprint density at radius 2 is 1.06 bits per heavy atom. The van der Waals surface area contributed by atoms with Crippen molar-refractivity contribution in [2.45, 2.75) is 19.3 Å². The highest BCUT2D eigenvalue weighted by atomic mass is 19.1. The summed E-state index contributed by atoms with van der Waals surface area (Å²) in [6.07, 6.45) is 0. The minimum Gasteiger partial charge on any atom is -0.252 e. The number of aromatic nitrogens is 4. The van der Waals surface area contributed by atoms with Gasteiger partial charge >= 0.3 is 0 Å². The third-order valence-electron chi connectivity index (χ3n) is 4.70. The molecule has 0 saturated carbocycles. The fourth-order valence-corrected chi connectivity index (χ4v) is 2.93. The molecular weight excluding hydrogens is 408 g/mol. The Morgan fingerprint density at radius 3 is 1.48 bits per heavy atom. The first-order valence-corrected chi connectivity index (χ1v) is 9.01. The molecule has 0 spiro atoms. The lowest BCUT2D eigenvalue weighted by atomic mass is 9.84. The SMILES string of the molecule is [2H]c1cc(-c2cc([2H])c(F)nc2F)nc(C(C)(C)c2cc([2H])cc(-c3cc([2H])c(F)nc3F)n2)c1. The van der Waals surface area contributed by atoms with Gasteiger partial charge in [-0.2, -0.15) is 27.5 Å². The highest BCUT2D eigenvalue weighted by Crippen LogP contribution is 2.32. The second-order valence-electron chi connectivity index (χ2n) is 7.09. The number of nitrogens with zero attached hydrogens (tertiary/aromatic N) is 4. The van der Waals surface area contributed by atoms with Crippen molar-refractivity contribution in [3.05, 3.63) is 95.7 Å². The van der Waals surface area contributed by atoms with Gasteiger partial charge in [0.05, 0.1) is 39.4 Å². The molecule has 31 heavy (non-hydrogen) atoms. The number of hydrogen-bond acceptors (Lipinski definition) is 4. The van der Waals surface area contributed by atoms with E-state index in [-0.39, 0.29) is 46.0 Å². The van der Waals surface area contributed by atoms with E-state index in [9.17, 15) is 17.6 Å². The van der Waals surface area contributed by atoms with Crippen LogP contribution >= 0.6 is 0 Å². The van der Waals surface area contributed by atoms with Gasteiger partial charge in [-0.1, -0.05) is 12.1 Å². The van der Waals surface area contributed by atoms with E-state index in [2.05, 4.69) is 19.9 Å². The van der Waals surface area contributed by atoms with Gasteiger partial charge in [-0.05, 0) is 62.3 Å². The van der Waals surface area contributed by atoms with Gasteiger partial charge in [-0.15, -0.1) is 0 Å². The third-order valence-corrected chi connectivity index (χ3v) is 4.70. The molecule has 0 amide bonds. The summed E-state index contributed by atoms with van der Waals surface area (Å²) in [6, 6.07) is 5.65. The minimum absolute atomic E-state index is 0.0612. The van der Waals surface area contributed by atoms with E-state index in [1.54, 1.807) is 13.8 Å². The van der Waals surface area contributed by atoms with Crippen LogP contribution in [-0.2, 0) is 5.41 Å². The lowest BCUT2D eigenvalue weighted by Gasteiger charge is -2.24. The van der Waals surface area contributed by atoms with Crippen LogP contribution < -0.4 is 0 Å². The predicted octanol–water partition coefficient (Wildman–Crippen LogP) is 5.48. The van der Waals surface area contributed by atoms with Crippen LogP contribution in [-0.4, -0.2) is 19.9 Å². The molecule has 0 aliphatic carbocycles. The fraction of sp³-hybridized carbons (Fsp3) is 0.130. The molecule has 0 unspecified atom stereocenters. The Morgan fingerprint density at radius 1 is 0.645 bits per heavy atom. The van der Waals surface area contributed by atoms with Gasteiger partial charge in [0, 0.05) is 5.41 Å². The Hall–Kier alpha value is -3.68. The summed E-state index contributed by atoms with van der Waals surface area (Å²) in [5.74, 6) is -4.95. The van der Waals surface area contributed by atoms with Crippen LogP contribution in [0.3, 0.4) is 0 Å². The van der Waals surface area contributed by atoms with Crippen LogP contribution in [0.25, 0.3) is 22.5 Å². The fourth-order valence-electron chi connectivity index (χ4n) is 2.93. The molecule has 4 rings (SSSR count). The zero-order chi connectivity index (χ0) is 25.7. The first-order chi connectivity index (χ1) is 16.4. The molecule has 156 valence electrons. The Labute approximate surface area is 181 Å². The largest absolute Gasteiger partial charge is 0.252 e. The monoisotopic (exact) mass is 428 g/mol. The van der Waals surface area contributed by atoms with E-state index >= 15 is 0 Å². The van der Waals surface area contributed by atoms with Crippen LogP contribution in [0.2, 0.25) is 0 Å². The maximum absolute atomic E-state index is 14.3. The minimum atomic E-state index is -1.28. The van der Waals surface area contributed by atoms with Gasteiger partial charge in [0.2, 0.25) is 23.8 Å². The smallest absolute Gasteiger partial charge is 0.224 e. The van der Waals surface area contributed by atoms with Crippen molar-refractivity contribution in [3.8, 4) is 22.5 Å². The zero-order valence-electron chi connectivity index (χ0n) is 20.3. The van der Waals surface area contributed by atoms with Crippen LogP contribution in [0.15, 0.2) is 60.6 Å². The van der Waals surface area contributed by atoms with Crippen molar-refractivity contribution >= 4 is 0 Å². The van der Waals surface area contributed by atoms with E-state index in [1.807, 2.05) is 0 Å². The first kappa shape index (κ1) is 16.1. The number of halogens is 4. The summed E-state index contributed by atoms with van der Waals surface area (Å²) < 4.78 is 87.0. The molecule has 0 aliphatic rings. The van der Waals surface area contributed by atoms with Gasteiger partial charge in [0.15, 0.2) is 0 Å². The van der Waals surface area contributed by atoms with Gasteiger partial charge in [-0.3, -0.25) is 9.97 Å². The topological polar surface area (TPSA) is 51.6 Å². The summed E-state index contributed by atoms with van der Waals surface area (Å²) in [7, 11) is 0. The number of hydrogen-bond donors (Lipinski definition) is 0. The molecule has 4 heterocycles. The van der Waals surface area contributed by atoms with Crippen molar-refractivity contribution in [2.24, 2.45) is 0 Å². The molecule has 0 N–H and O–H groups in total. The van der Waals surface area contributed by atoms with E-state index in [4.69, 9.17) is 5.48 Å². The van der Waals surface area contributed by atoms with E-state index in [1.165, 1.54) is 24.3 Å². The zero-order valence-corrected chi connectivity index (χ0v) is 16.3. The van der Waals surface area contributed by atoms with Crippen molar-refractivity contribution in [3.63, 3.8) is 0 Å². The lowest BCUT2D eigenvalue weighted by molar-refractivity contribution is 0.514. The van der Waals surface area contributed by atoms with Gasteiger partial charge in [0.25, 0.3) is 0 Å². The molecule has 8 heteroatoms. The molecule has 0 atom stereocenters. The number of pyridine rings is 4. The van der Waals surface area contributed by atoms with E-state index in [0.29, 0.717) is 0 Å². The van der Waals surface area contributed by atoms with Crippen molar-refractivity contribution in [2.75, 3.05) is 0 Å². The van der Waals surface area contributed by atoms with Crippen molar-refractivity contribution in [1.29, 1.82) is 0 Å². The maximum Gasteiger partial charge on any atom is 0.224 e. The number of rotatable bonds is 4. The molecule has 4 aromatic heterocycles. The average Bonchev–Trinajstić information content (AvgIpc) is 2.77. The van der Waals surface area contributed by atoms with E-state index < -0.39 is 41.3 Å². The predicted molar refractivity (Wildman–Crippen MR) is 107 cm³/mol. The molecule has 0 radical (unpaired) electrons. The average molecular weight is 428 g/mol. The summed E-state index contributed by atoms with van der Waals surface area (Å²) in [4.78, 5) is 14.9. The highest BCUT2D eigenvalue weighted by Gasteiger charge is 2.27. The highest BCUT2D eigenvalue weighted by molar-refractivity contribution is 5.60. The second-order valence-corrected chi connectivity index (χ2v) is 7.09. The summed E-state index contributed by atoms with van der Waals surface area (Å²) in [5.41, 5.74) is -1.33. The van der Waals surface area contributed by atoms with Crippen molar-refractivity contribution in [1.82, 2.24) is 19.9 Å². The quantitative estimate of drug-likeness (QED) is 0.319. The van der Waals surface area contributed by atoms with E-state index in [0.717, 1.165) is 12.1 Å². The Balaban J connectivity index is 1.85. The van der Waals surface area contributed by atoms with Crippen LogP contribution in [0.1, 0.15) is 30.7 Å². The Kier molecular flexibility index (Phi) is 4.08. The maximum atomic E-state index is 14.3. The molecule has 4 aromatic rings. The summed E-state index contributed by atoms with van der Waals surface area (Å²) in [5, 5.41) is 0. The molecule has 0 fully saturated rings. The first-order valence-electron chi connectivity index (χ1n) is 11.0. The van der Waals surface area contributed by atoms with Crippen molar-refractivity contribution < 1.29 is 23.0 Å². The van der Waals surface area contributed by atoms with Gasteiger partial charge in [0.1, 0.15) is 0 Å². The standard InChI is InChI=1S/C23H16F4N4/c1-23(2,17-7-3-5-15(28-17)13-9-11-19(24)30-21(13)26)18-8-4-6-16(29-18)14-10-12-20(25)31-22(14)27/h3-12H,1-2H3/i3D,4D,11D,12D. The van der Waals surface area contributed by atoms with Gasteiger partial charge < -0.3 is 0 Å². The normalized spacial score (nSPS) is 13.4. The molecule has 0 bridgehead atoms. The third kappa shape index (κ3) is 4.01. The van der Waals surface area contributed by atoms with Crippen LogP contribution in [0.5, 0.6) is 0 Å². The molecular formula is C23H16F4N4. The second kappa shape index (κ2) is 7.86. The molecule has 0 saturated heterocycles. The molecule has 0 aromatic carbocycles. The lowest BCUT2D eigenvalue weighted by Crippen LogP contribution is -2.22. The Bertz CT molecular complexity index is 1370. The molecule has 0 aliphatic heterocycles. The van der Waals surface area contributed by atoms with Gasteiger partial charge in [-0.25, -0.2) is 0 Å². The molecule has 4 nitrogen and oxygen atoms in total. The van der Waals surface area contributed by atoms with Crippen LogP contribution in [0.4, 0.5) is 17.6 Å². The van der Waals surface area contributed by atoms with Crippen LogP contribution in [0, 0.1) is 23.8 Å². The summed E-state index contributed by atoms with van der Waals surface area (Å²) in [6.45, 7) is 3.32.